The van der Waals surface area contributed by atoms with Gasteiger partial charge in [0, 0.05) is 27.8 Å². The van der Waals surface area contributed by atoms with Crippen molar-refractivity contribution in [2.45, 2.75) is 19.9 Å². The van der Waals surface area contributed by atoms with Gasteiger partial charge in [0.15, 0.2) is 0 Å². The number of aromatic nitrogens is 3. The van der Waals surface area contributed by atoms with Gasteiger partial charge < -0.3 is 4.57 Å². The van der Waals surface area contributed by atoms with E-state index in [1.807, 2.05) is 73.3 Å². The summed E-state index contributed by atoms with van der Waals surface area (Å²) in [5, 5.41) is 4.62. The molecule has 0 unspecified atom stereocenters. The van der Waals surface area contributed by atoms with Crippen LogP contribution in [0.25, 0.3) is 28.2 Å². The maximum Gasteiger partial charge on any atom is 0.262 e. The van der Waals surface area contributed by atoms with Crippen LogP contribution in [-0.4, -0.2) is 14.3 Å². The number of nitrogens with one attached hydrogen (secondary N) is 1. The standard InChI is InChI=1S/C20H17Cl2N3O/c1-12(2)24-11-17-18(20(24)26)19(13-6-8-14(21)9-7-13)25(23-17)16-5-3-4-15(22)10-16/h3-12,23H,1-2H3. The van der Waals surface area contributed by atoms with Gasteiger partial charge in [-0.25, -0.2) is 0 Å². The molecule has 4 nitrogen and oxygen atoms in total. The van der Waals surface area contributed by atoms with E-state index in [0.717, 1.165) is 22.6 Å². The summed E-state index contributed by atoms with van der Waals surface area (Å²) >= 11 is 12.2. The van der Waals surface area contributed by atoms with Crippen LogP contribution >= 0.6 is 23.2 Å². The second-order valence-electron chi connectivity index (χ2n) is 6.51. The molecule has 0 saturated carbocycles. The molecule has 0 fully saturated rings. The molecule has 0 atom stereocenters. The average molecular weight is 386 g/mol. The van der Waals surface area contributed by atoms with E-state index in [2.05, 4.69) is 5.10 Å². The Bertz CT molecular complexity index is 1100. The van der Waals surface area contributed by atoms with Crippen LogP contribution in [0.1, 0.15) is 19.9 Å². The molecule has 2 aliphatic rings. The Morgan fingerprint density at radius 2 is 1.73 bits per heavy atom. The van der Waals surface area contributed by atoms with Crippen molar-refractivity contribution in [2.75, 3.05) is 0 Å². The molecule has 0 aliphatic carbocycles. The molecular weight excluding hydrogens is 369 g/mol. The fraction of sp³-hybridized carbons (Fsp3) is 0.150. The van der Waals surface area contributed by atoms with Crippen LogP contribution in [0, 0.1) is 0 Å². The van der Waals surface area contributed by atoms with Crippen molar-refractivity contribution in [2.24, 2.45) is 0 Å². The molecule has 132 valence electrons. The molecule has 0 bridgehead atoms. The fourth-order valence-corrected chi connectivity index (χ4v) is 3.49. The summed E-state index contributed by atoms with van der Waals surface area (Å²) in [5.74, 6) is 0. The maximum atomic E-state index is 13.0. The third-order valence-corrected chi connectivity index (χ3v) is 4.91. The lowest BCUT2D eigenvalue weighted by Gasteiger charge is -2.10. The molecular formula is C20H17Cl2N3O. The lowest BCUT2D eigenvalue weighted by atomic mass is 10.1. The molecule has 0 radical (unpaired) electrons. The van der Waals surface area contributed by atoms with Crippen LogP contribution in [0.3, 0.4) is 0 Å². The highest BCUT2D eigenvalue weighted by molar-refractivity contribution is 6.31. The van der Waals surface area contributed by atoms with Crippen LogP contribution in [0.5, 0.6) is 0 Å². The molecule has 2 heterocycles. The second kappa shape index (κ2) is 6.38. The first-order valence-electron chi connectivity index (χ1n) is 8.33. The third-order valence-electron chi connectivity index (χ3n) is 4.42. The van der Waals surface area contributed by atoms with Crippen molar-refractivity contribution in [3.8, 4) is 28.2 Å². The Morgan fingerprint density at radius 1 is 1.00 bits per heavy atom. The Labute approximate surface area is 160 Å². The van der Waals surface area contributed by atoms with Crippen molar-refractivity contribution >= 4 is 23.2 Å². The summed E-state index contributed by atoms with van der Waals surface area (Å²) in [6, 6.07) is 15.1. The van der Waals surface area contributed by atoms with Crippen LogP contribution in [0.15, 0.2) is 59.5 Å². The zero-order chi connectivity index (χ0) is 18.4. The molecule has 0 saturated heterocycles. The summed E-state index contributed by atoms with van der Waals surface area (Å²) in [7, 11) is 0. The first kappa shape index (κ1) is 17.0. The zero-order valence-corrected chi connectivity index (χ0v) is 15.8. The number of rotatable bonds is 3. The van der Waals surface area contributed by atoms with Crippen molar-refractivity contribution in [3.63, 3.8) is 0 Å². The zero-order valence-electron chi connectivity index (χ0n) is 14.3. The first-order valence-corrected chi connectivity index (χ1v) is 9.08. The van der Waals surface area contributed by atoms with Gasteiger partial charge >= 0.3 is 0 Å². The van der Waals surface area contributed by atoms with Gasteiger partial charge in [-0.3, -0.25) is 14.6 Å². The van der Waals surface area contributed by atoms with Gasteiger partial charge in [0.2, 0.25) is 0 Å². The number of hydrogen-bond acceptors (Lipinski definition) is 1. The van der Waals surface area contributed by atoms with Crippen molar-refractivity contribution in [1.82, 2.24) is 14.3 Å². The van der Waals surface area contributed by atoms with Crippen LogP contribution in [0.2, 0.25) is 10.0 Å². The number of fused-ring (bicyclic) bond motifs is 1. The van der Waals surface area contributed by atoms with Crippen molar-refractivity contribution in [1.29, 1.82) is 0 Å². The van der Waals surface area contributed by atoms with E-state index in [4.69, 9.17) is 23.2 Å². The summed E-state index contributed by atoms with van der Waals surface area (Å²) < 4.78 is 3.63. The first-order chi connectivity index (χ1) is 12.5. The summed E-state index contributed by atoms with van der Waals surface area (Å²) in [4.78, 5) is 13.0. The van der Waals surface area contributed by atoms with Crippen LogP contribution in [-0.2, 0) is 0 Å². The van der Waals surface area contributed by atoms with Gasteiger partial charge in [0.1, 0.15) is 0 Å². The average Bonchev–Trinajstić information content (AvgIpc) is 3.13. The normalized spacial score (nSPS) is 11.6. The minimum Gasteiger partial charge on any atom is -0.310 e. The SMILES string of the molecule is CC(C)n1cc2[nH]n(-c3cccc(Cl)c3)c(-c3ccc(Cl)cc3)c-2c1=O. The minimum atomic E-state index is -0.0167. The molecule has 2 aliphatic heterocycles. The number of benzene rings is 2. The molecule has 26 heavy (non-hydrogen) atoms. The van der Waals surface area contributed by atoms with Crippen molar-refractivity contribution in [3.05, 3.63) is 75.1 Å². The number of H-pyrrole nitrogens is 1. The highest BCUT2D eigenvalue weighted by atomic mass is 35.5. The number of halogens is 2. The lowest BCUT2D eigenvalue weighted by Crippen LogP contribution is -2.17. The molecule has 4 rings (SSSR count). The summed E-state index contributed by atoms with van der Waals surface area (Å²) in [5.41, 5.74) is 3.98. The fourth-order valence-electron chi connectivity index (χ4n) is 3.18. The predicted molar refractivity (Wildman–Crippen MR) is 107 cm³/mol. The van der Waals surface area contributed by atoms with E-state index in [1.54, 1.807) is 4.57 Å². The smallest absolute Gasteiger partial charge is 0.262 e. The molecule has 0 aromatic heterocycles. The van der Waals surface area contributed by atoms with E-state index >= 15 is 0 Å². The quantitative estimate of drug-likeness (QED) is 0.487. The maximum absolute atomic E-state index is 13.0. The van der Waals surface area contributed by atoms with E-state index in [-0.39, 0.29) is 11.6 Å². The molecule has 2 aromatic rings. The predicted octanol–water partition coefficient (Wildman–Crippen LogP) is 5.63. The lowest BCUT2D eigenvalue weighted by molar-refractivity contribution is 0.588. The van der Waals surface area contributed by atoms with E-state index in [9.17, 15) is 4.79 Å². The monoisotopic (exact) mass is 385 g/mol. The highest BCUT2D eigenvalue weighted by Crippen LogP contribution is 2.35. The molecule has 1 N–H and O–H groups in total. The van der Waals surface area contributed by atoms with E-state index < -0.39 is 0 Å². The summed E-state index contributed by atoms with van der Waals surface area (Å²) in [6.45, 7) is 3.99. The second-order valence-corrected chi connectivity index (χ2v) is 7.38. The van der Waals surface area contributed by atoms with Gasteiger partial charge in [-0.1, -0.05) is 41.4 Å². The molecule has 0 amide bonds. The van der Waals surface area contributed by atoms with Crippen molar-refractivity contribution < 1.29 is 0 Å². The van der Waals surface area contributed by atoms with Gasteiger partial charge in [-0.05, 0) is 44.2 Å². The van der Waals surface area contributed by atoms with E-state index in [0.29, 0.717) is 15.6 Å². The third kappa shape index (κ3) is 2.75. The van der Waals surface area contributed by atoms with Gasteiger partial charge in [-0.15, -0.1) is 0 Å². The van der Waals surface area contributed by atoms with Crippen LogP contribution in [0.4, 0.5) is 0 Å². The highest BCUT2D eigenvalue weighted by Gasteiger charge is 2.25. The number of nitrogens with zero attached hydrogens (tertiary/aromatic N) is 2. The number of aromatic amines is 1. The minimum absolute atomic E-state index is 0.0167. The Balaban J connectivity index is 2.05. The van der Waals surface area contributed by atoms with Crippen LogP contribution < -0.4 is 5.56 Å². The van der Waals surface area contributed by atoms with Gasteiger partial charge in [-0.2, -0.15) is 0 Å². The Morgan fingerprint density at radius 3 is 2.38 bits per heavy atom. The molecule has 6 heteroatoms. The van der Waals surface area contributed by atoms with E-state index in [1.165, 1.54) is 0 Å². The molecule has 2 aromatic carbocycles. The van der Waals surface area contributed by atoms with Gasteiger partial charge in [0.05, 0.1) is 22.6 Å². The largest absolute Gasteiger partial charge is 0.310 e. The number of hydrogen-bond donors (Lipinski definition) is 1. The topological polar surface area (TPSA) is 42.7 Å². The Kier molecular flexibility index (Phi) is 4.17. The summed E-state index contributed by atoms with van der Waals surface area (Å²) in [6.07, 6.45) is 1.86. The molecule has 0 spiro atoms. The van der Waals surface area contributed by atoms with Gasteiger partial charge in [0.25, 0.3) is 5.56 Å². The Hall–Kier alpha value is -2.43.